The lowest BCUT2D eigenvalue weighted by Crippen LogP contribution is -2.45. The number of hydrogen-bond donors (Lipinski definition) is 2. The monoisotopic (exact) mass is 378 g/mol. The molecule has 26 heavy (non-hydrogen) atoms. The summed E-state index contributed by atoms with van der Waals surface area (Å²) in [7, 11) is -0.988. The molecule has 2 N–H and O–H groups in total. The first-order valence-corrected chi connectivity index (χ1v) is 9.21. The molecule has 1 unspecified atom stereocenters. The number of fused-ring (bicyclic) bond motifs is 1. The van der Waals surface area contributed by atoms with Crippen LogP contribution in [0.25, 0.3) is 0 Å². The van der Waals surface area contributed by atoms with Crippen molar-refractivity contribution in [3.63, 3.8) is 0 Å². The van der Waals surface area contributed by atoms with Gasteiger partial charge in [0, 0.05) is 6.07 Å². The largest absolute Gasteiger partial charge is 0.493 e. The molecule has 1 aliphatic rings. The van der Waals surface area contributed by atoms with Crippen molar-refractivity contribution in [2.24, 2.45) is 0 Å². The van der Waals surface area contributed by atoms with Gasteiger partial charge in [-0.3, -0.25) is 4.79 Å². The molecule has 8 nitrogen and oxygen atoms in total. The molecule has 2 aromatic rings. The molecule has 9 heteroatoms. The van der Waals surface area contributed by atoms with Crippen LogP contribution in [0.5, 0.6) is 17.2 Å². The van der Waals surface area contributed by atoms with Crippen LogP contribution in [-0.4, -0.2) is 41.2 Å². The predicted octanol–water partition coefficient (Wildman–Crippen LogP) is 1.38. The second-order valence-electron chi connectivity index (χ2n) is 5.46. The molecule has 0 fully saturated rings. The van der Waals surface area contributed by atoms with E-state index < -0.39 is 22.0 Å². The van der Waals surface area contributed by atoms with E-state index in [9.17, 15) is 13.2 Å². The van der Waals surface area contributed by atoms with Crippen LogP contribution in [0, 0.1) is 0 Å². The molecule has 0 aliphatic carbocycles. The van der Waals surface area contributed by atoms with Gasteiger partial charge in [-0.25, -0.2) is 13.1 Å². The number of amides is 1. The summed E-state index contributed by atoms with van der Waals surface area (Å²) in [6.07, 6.45) is -0.972. The second-order valence-corrected chi connectivity index (χ2v) is 7.23. The number of benzene rings is 2. The Kier molecular flexibility index (Phi) is 5.01. The number of sulfonamides is 1. The van der Waals surface area contributed by atoms with Gasteiger partial charge in [0.2, 0.25) is 10.0 Å². The molecule has 0 spiro atoms. The molecule has 2 aromatic carbocycles. The molecule has 0 bridgehead atoms. The molecule has 0 saturated heterocycles. The van der Waals surface area contributed by atoms with Crippen LogP contribution in [0.3, 0.4) is 0 Å². The molecule has 1 aliphatic heterocycles. The topological polar surface area (TPSA) is 103 Å². The van der Waals surface area contributed by atoms with Gasteiger partial charge in [0.1, 0.15) is 5.75 Å². The minimum atomic E-state index is -3.86. The van der Waals surface area contributed by atoms with Crippen LogP contribution >= 0.6 is 0 Å². The summed E-state index contributed by atoms with van der Waals surface area (Å²) in [5, 5.41) is 2.68. The van der Waals surface area contributed by atoms with Crippen molar-refractivity contribution in [2.75, 3.05) is 26.1 Å². The van der Waals surface area contributed by atoms with E-state index in [1.54, 1.807) is 24.3 Å². The van der Waals surface area contributed by atoms with Gasteiger partial charge in [0.15, 0.2) is 17.6 Å². The van der Waals surface area contributed by atoms with Gasteiger partial charge in [-0.05, 0) is 24.3 Å². The molecule has 0 aromatic heterocycles. The highest BCUT2D eigenvalue weighted by molar-refractivity contribution is 7.89. The second kappa shape index (κ2) is 7.22. The van der Waals surface area contributed by atoms with Crippen molar-refractivity contribution in [1.82, 2.24) is 4.72 Å². The molecular formula is C17H18N2O6S. The molecule has 0 radical (unpaired) electrons. The fraction of sp³-hybridized carbons (Fsp3) is 0.235. The lowest BCUT2D eigenvalue weighted by molar-refractivity contribution is -0.123. The van der Waals surface area contributed by atoms with Crippen molar-refractivity contribution in [2.45, 2.75) is 11.0 Å². The Bertz CT molecular complexity index is 929. The predicted molar refractivity (Wildman–Crippen MR) is 94.2 cm³/mol. The number of carbonyl (C=O) groups excluding carboxylic acids is 1. The fourth-order valence-corrected chi connectivity index (χ4v) is 3.53. The third-order valence-corrected chi connectivity index (χ3v) is 5.25. The highest BCUT2D eigenvalue weighted by Gasteiger charge is 2.29. The van der Waals surface area contributed by atoms with Gasteiger partial charge in [0.05, 0.1) is 31.3 Å². The molecule has 1 atom stereocenters. The maximum atomic E-state index is 12.5. The number of methoxy groups -OCH3 is 2. The van der Waals surface area contributed by atoms with Gasteiger partial charge in [-0.2, -0.15) is 0 Å². The van der Waals surface area contributed by atoms with E-state index in [-0.39, 0.29) is 17.2 Å². The zero-order chi connectivity index (χ0) is 18.7. The SMILES string of the molecule is COc1ccc(S(=O)(=O)NCC2Oc3ccccc3NC2=O)cc1OC. The van der Waals surface area contributed by atoms with Gasteiger partial charge in [0.25, 0.3) is 5.91 Å². The quantitative estimate of drug-likeness (QED) is 0.787. The number of ether oxygens (including phenoxy) is 3. The molecule has 3 rings (SSSR count). The highest BCUT2D eigenvalue weighted by Crippen LogP contribution is 2.30. The molecule has 1 amide bonds. The lowest BCUT2D eigenvalue weighted by atomic mass is 10.2. The average molecular weight is 378 g/mol. The van der Waals surface area contributed by atoms with E-state index in [4.69, 9.17) is 14.2 Å². The zero-order valence-corrected chi connectivity index (χ0v) is 15.0. The fourth-order valence-electron chi connectivity index (χ4n) is 2.48. The lowest BCUT2D eigenvalue weighted by Gasteiger charge is -2.25. The van der Waals surface area contributed by atoms with E-state index >= 15 is 0 Å². The van der Waals surface area contributed by atoms with E-state index in [2.05, 4.69) is 10.0 Å². The first-order chi connectivity index (χ1) is 12.4. The van der Waals surface area contributed by atoms with Gasteiger partial charge in [-0.15, -0.1) is 0 Å². The molecule has 1 heterocycles. The summed E-state index contributed by atoms with van der Waals surface area (Å²) in [5.41, 5.74) is 0.552. The summed E-state index contributed by atoms with van der Waals surface area (Å²) >= 11 is 0. The summed E-state index contributed by atoms with van der Waals surface area (Å²) in [5.74, 6) is 0.773. The van der Waals surface area contributed by atoms with E-state index in [1.807, 2.05) is 0 Å². The smallest absolute Gasteiger partial charge is 0.266 e. The Morgan fingerprint density at radius 2 is 1.85 bits per heavy atom. The Balaban J connectivity index is 1.74. The van der Waals surface area contributed by atoms with Crippen LogP contribution in [0.4, 0.5) is 5.69 Å². The molecule has 0 saturated carbocycles. The Labute approximate surface area is 151 Å². The van der Waals surface area contributed by atoms with E-state index in [0.717, 1.165) is 0 Å². The third-order valence-electron chi connectivity index (χ3n) is 3.83. The highest BCUT2D eigenvalue weighted by atomic mass is 32.2. The molecular weight excluding hydrogens is 360 g/mol. The minimum Gasteiger partial charge on any atom is -0.493 e. The number of carbonyl (C=O) groups is 1. The van der Waals surface area contributed by atoms with Gasteiger partial charge < -0.3 is 19.5 Å². The number of anilines is 1. The zero-order valence-electron chi connectivity index (χ0n) is 14.2. The number of rotatable bonds is 6. The van der Waals surface area contributed by atoms with Gasteiger partial charge in [-0.1, -0.05) is 12.1 Å². The van der Waals surface area contributed by atoms with Gasteiger partial charge >= 0.3 is 0 Å². The van der Waals surface area contributed by atoms with Crippen LogP contribution in [0.1, 0.15) is 0 Å². The number of hydrogen-bond acceptors (Lipinski definition) is 6. The van der Waals surface area contributed by atoms with Crippen LogP contribution in [0.15, 0.2) is 47.4 Å². The number of para-hydroxylation sites is 2. The summed E-state index contributed by atoms with van der Waals surface area (Å²) < 4.78 is 43.2. The minimum absolute atomic E-state index is 0.00762. The van der Waals surface area contributed by atoms with Crippen molar-refractivity contribution in [3.8, 4) is 17.2 Å². The maximum absolute atomic E-state index is 12.5. The first-order valence-electron chi connectivity index (χ1n) is 7.73. The van der Waals surface area contributed by atoms with Crippen LogP contribution in [-0.2, 0) is 14.8 Å². The normalized spacial score (nSPS) is 16.2. The summed E-state index contributed by atoms with van der Waals surface area (Å²) in [4.78, 5) is 12.1. The Hall–Kier alpha value is -2.78. The average Bonchev–Trinajstić information content (AvgIpc) is 2.65. The van der Waals surface area contributed by atoms with Crippen LogP contribution in [0.2, 0.25) is 0 Å². The Morgan fingerprint density at radius 1 is 1.12 bits per heavy atom. The van der Waals surface area contributed by atoms with Crippen molar-refractivity contribution in [1.29, 1.82) is 0 Å². The van der Waals surface area contributed by atoms with Crippen molar-refractivity contribution in [3.05, 3.63) is 42.5 Å². The Morgan fingerprint density at radius 3 is 2.58 bits per heavy atom. The molecule has 138 valence electrons. The van der Waals surface area contributed by atoms with Crippen molar-refractivity contribution >= 4 is 21.6 Å². The van der Waals surface area contributed by atoms with Crippen LogP contribution < -0.4 is 24.2 Å². The number of nitrogens with one attached hydrogen (secondary N) is 2. The first kappa shape index (κ1) is 18.0. The third kappa shape index (κ3) is 3.58. The maximum Gasteiger partial charge on any atom is 0.266 e. The van der Waals surface area contributed by atoms with E-state index in [1.165, 1.54) is 32.4 Å². The van der Waals surface area contributed by atoms with Crippen molar-refractivity contribution < 1.29 is 27.4 Å². The van der Waals surface area contributed by atoms with E-state index in [0.29, 0.717) is 17.2 Å². The standard InChI is InChI=1S/C17H18N2O6S/c1-23-14-8-7-11(9-15(14)24-2)26(21,22)18-10-16-17(20)19-12-5-3-4-6-13(12)25-16/h3-9,16,18H,10H2,1-2H3,(H,19,20). The summed E-state index contributed by atoms with van der Waals surface area (Å²) in [6, 6.07) is 11.2. The summed E-state index contributed by atoms with van der Waals surface area (Å²) in [6.45, 7) is -0.211.